The van der Waals surface area contributed by atoms with E-state index in [2.05, 4.69) is 20.1 Å². The fourth-order valence-corrected chi connectivity index (χ4v) is 4.77. The number of hydrogen-bond donors (Lipinski definition) is 1. The van der Waals surface area contributed by atoms with Gasteiger partial charge in [-0.1, -0.05) is 17.7 Å². The Labute approximate surface area is 188 Å². The first-order valence-corrected chi connectivity index (χ1v) is 11.0. The van der Waals surface area contributed by atoms with Crippen molar-refractivity contribution < 1.29 is 17.9 Å². The third kappa shape index (κ3) is 4.21. The number of nitrogens with one attached hydrogen (secondary N) is 1. The number of benzene rings is 2. The zero-order valence-electron chi connectivity index (χ0n) is 17.2. The Balaban J connectivity index is 1.31. The molecule has 0 spiro atoms. The molecule has 1 aromatic heterocycles. The van der Waals surface area contributed by atoms with Gasteiger partial charge in [-0.3, -0.25) is 4.57 Å². The van der Waals surface area contributed by atoms with E-state index in [4.69, 9.17) is 16.3 Å². The molecule has 1 aliphatic carbocycles. The molecule has 1 fully saturated rings. The zero-order chi connectivity index (χ0) is 22.3. The van der Waals surface area contributed by atoms with Crippen LogP contribution in [0.3, 0.4) is 0 Å². The molecule has 1 N–H and O–H groups in total. The van der Waals surface area contributed by atoms with Crippen molar-refractivity contribution in [1.29, 1.82) is 0 Å². The van der Waals surface area contributed by atoms with Crippen molar-refractivity contribution in [2.45, 2.75) is 57.0 Å². The molecule has 0 unspecified atom stereocenters. The highest BCUT2D eigenvalue weighted by molar-refractivity contribution is 6.30. The molecule has 0 atom stereocenters. The zero-order valence-corrected chi connectivity index (χ0v) is 18.0. The van der Waals surface area contributed by atoms with Crippen molar-refractivity contribution in [2.75, 3.05) is 0 Å². The standard InChI is InChI=1S/C23H22ClF3N4O/c24-17-6-9-20-15(10-17)12-28-13-21-29-30-22(31(20)21)14-4-7-18(8-5-14)32-19-3-1-2-16(11-19)23(25,26)27/h1-3,6,9-11,14,18,28H,4-5,7-8,12-13H2/t14-,18-. The maximum Gasteiger partial charge on any atom is 0.416 e. The van der Waals surface area contributed by atoms with Gasteiger partial charge >= 0.3 is 6.18 Å². The van der Waals surface area contributed by atoms with Gasteiger partial charge in [0.15, 0.2) is 5.82 Å². The molecule has 1 aliphatic heterocycles. The lowest BCUT2D eigenvalue weighted by atomic mass is 9.86. The van der Waals surface area contributed by atoms with Crippen molar-refractivity contribution in [3.8, 4) is 11.4 Å². The van der Waals surface area contributed by atoms with Gasteiger partial charge in [0.1, 0.15) is 11.6 Å². The molecule has 2 aliphatic rings. The van der Waals surface area contributed by atoms with E-state index in [-0.39, 0.29) is 17.8 Å². The highest BCUT2D eigenvalue weighted by atomic mass is 35.5. The van der Waals surface area contributed by atoms with Crippen molar-refractivity contribution in [1.82, 2.24) is 20.1 Å². The van der Waals surface area contributed by atoms with E-state index < -0.39 is 11.7 Å². The number of halogens is 4. The van der Waals surface area contributed by atoms with E-state index in [1.165, 1.54) is 6.07 Å². The van der Waals surface area contributed by atoms with E-state index in [0.717, 1.165) is 60.7 Å². The van der Waals surface area contributed by atoms with Crippen LogP contribution in [0.25, 0.3) is 5.69 Å². The lowest BCUT2D eigenvalue weighted by Gasteiger charge is -2.29. The predicted octanol–water partition coefficient (Wildman–Crippen LogP) is 5.65. The smallest absolute Gasteiger partial charge is 0.416 e. The molecule has 1 saturated carbocycles. The van der Waals surface area contributed by atoms with Crippen LogP contribution >= 0.6 is 11.6 Å². The van der Waals surface area contributed by atoms with Gasteiger partial charge in [-0.15, -0.1) is 10.2 Å². The second-order valence-electron chi connectivity index (χ2n) is 8.30. The van der Waals surface area contributed by atoms with Crippen LogP contribution in [0.15, 0.2) is 42.5 Å². The third-order valence-electron chi connectivity index (χ3n) is 6.14. The number of aromatic nitrogens is 3. The van der Waals surface area contributed by atoms with Crippen molar-refractivity contribution in [3.63, 3.8) is 0 Å². The summed E-state index contributed by atoms with van der Waals surface area (Å²) in [5.41, 5.74) is 1.44. The molecule has 0 bridgehead atoms. The van der Waals surface area contributed by atoms with E-state index in [1.54, 1.807) is 6.07 Å². The topological polar surface area (TPSA) is 52.0 Å². The Kier molecular flexibility index (Phi) is 5.59. The first-order chi connectivity index (χ1) is 15.4. The van der Waals surface area contributed by atoms with Gasteiger partial charge in [-0.05, 0) is 67.6 Å². The molecule has 0 amide bonds. The van der Waals surface area contributed by atoms with Crippen LogP contribution in [0.5, 0.6) is 5.75 Å². The van der Waals surface area contributed by atoms with Gasteiger partial charge in [0, 0.05) is 17.5 Å². The quantitative estimate of drug-likeness (QED) is 0.546. The van der Waals surface area contributed by atoms with Crippen LogP contribution in [0.4, 0.5) is 13.2 Å². The summed E-state index contributed by atoms with van der Waals surface area (Å²) in [6, 6.07) is 10.9. The molecular formula is C23H22ClF3N4O. The Morgan fingerprint density at radius 1 is 1.00 bits per heavy atom. The maximum absolute atomic E-state index is 13.0. The molecule has 0 radical (unpaired) electrons. The second-order valence-corrected chi connectivity index (χ2v) is 8.74. The number of ether oxygens (including phenoxy) is 1. The molecule has 0 saturated heterocycles. The van der Waals surface area contributed by atoms with Gasteiger partial charge in [0.05, 0.1) is 23.9 Å². The Morgan fingerprint density at radius 2 is 1.81 bits per heavy atom. The van der Waals surface area contributed by atoms with Crippen molar-refractivity contribution >= 4 is 11.6 Å². The Hall–Kier alpha value is -2.58. The molecule has 5 nitrogen and oxygen atoms in total. The highest BCUT2D eigenvalue weighted by Crippen LogP contribution is 2.37. The molecular weight excluding hydrogens is 441 g/mol. The lowest BCUT2D eigenvalue weighted by Crippen LogP contribution is -2.25. The molecule has 2 heterocycles. The average Bonchev–Trinajstić information content (AvgIpc) is 3.09. The molecule has 3 aromatic rings. The van der Waals surface area contributed by atoms with Crippen LogP contribution in [0, 0.1) is 0 Å². The fraction of sp³-hybridized carbons (Fsp3) is 0.391. The van der Waals surface area contributed by atoms with Crippen LogP contribution in [0.1, 0.15) is 54.4 Å². The first kappa shape index (κ1) is 21.3. The highest BCUT2D eigenvalue weighted by Gasteiger charge is 2.32. The number of hydrogen-bond acceptors (Lipinski definition) is 4. The molecule has 32 heavy (non-hydrogen) atoms. The summed E-state index contributed by atoms with van der Waals surface area (Å²) >= 11 is 6.19. The van der Waals surface area contributed by atoms with Crippen molar-refractivity contribution in [2.24, 2.45) is 0 Å². The molecule has 2 aromatic carbocycles. The molecule has 168 valence electrons. The maximum atomic E-state index is 13.0. The van der Waals surface area contributed by atoms with E-state index in [1.807, 2.05) is 18.2 Å². The Bertz CT molecular complexity index is 1120. The van der Waals surface area contributed by atoms with E-state index in [9.17, 15) is 13.2 Å². The summed E-state index contributed by atoms with van der Waals surface area (Å²) in [7, 11) is 0. The second kappa shape index (κ2) is 8.41. The van der Waals surface area contributed by atoms with Crippen molar-refractivity contribution in [3.05, 3.63) is 70.3 Å². The largest absolute Gasteiger partial charge is 0.490 e. The van der Waals surface area contributed by atoms with Crippen LogP contribution in [-0.4, -0.2) is 20.9 Å². The number of nitrogens with zero attached hydrogens (tertiary/aromatic N) is 3. The van der Waals surface area contributed by atoms with Crippen LogP contribution in [-0.2, 0) is 19.3 Å². The number of rotatable bonds is 3. The number of alkyl halides is 3. The predicted molar refractivity (Wildman–Crippen MR) is 114 cm³/mol. The summed E-state index contributed by atoms with van der Waals surface area (Å²) in [5.74, 6) is 2.25. The summed E-state index contributed by atoms with van der Waals surface area (Å²) in [5, 5.41) is 13.0. The van der Waals surface area contributed by atoms with Crippen LogP contribution < -0.4 is 10.1 Å². The average molecular weight is 463 g/mol. The van der Waals surface area contributed by atoms with Gasteiger partial charge in [0.2, 0.25) is 0 Å². The normalized spacial score (nSPS) is 20.9. The Morgan fingerprint density at radius 3 is 2.59 bits per heavy atom. The summed E-state index contributed by atoms with van der Waals surface area (Å²) in [6.45, 7) is 1.32. The SMILES string of the molecule is FC(F)(F)c1cccc(O[C@H]2CC[C@H](c3nnc4n3-c3ccc(Cl)cc3CNC4)CC2)c1. The van der Waals surface area contributed by atoms with Crippen LogP contribution in [0.2, 0.25) is 5.02 Å². The van der Waals surface area contributed by atoms with Gasteiger partial charge < -0.3 is 10.1 Å². The lowest BCUT2D eigenvalue weighted by molar-refractivity contribution is -0.137. The minimum absolute atomic E-state index is 0.117. The molecule has 9 heteroatoms. The van der Waals surface area contributed by atoms with Gasteiger partial charge in [0.25, 0.3) is 0 Å². The minimum atomic E-state index is -4.38. The summed E-state index contributed by atoms with van der Waals surface area (Å²) in [6.07, 6.45) is -1.34. The monoisotopic (exact) mass is 462 g/mol. The van der Waals surface area contributed by atoms with Gasteiger partial charge in [-0.25, -0.2) is 0 Å². The first-order valence-electron chi connectivity index (χ1n) is 10.7. The number of fused-ring (bicyclic) bond motifs is 3. The third-order valence-corrected chi connectivity index (χ3v) is 6.37. The summed E-state index contributed by atoms with van der Waals surface area (Å²) < 4.78 is 46.9. The fourth-order valence-electron chi connectivity index (χ4n) is 4.57. The minimum Gasteiger partial charge on any atom is -0.490 e. The van der Waals surface area contributed by atoms with E-state index >= 15 is 0 Å². The summed E-state index contributed by atoms with van der Waals surface area (Å²) in [4.78, 5) is 0. The van der Waals surface area contributed by atoms with Gasteiger partial charge in [-0.2, -0.15) is 13.2 Å². The molecule has 5 rings (SSSR count). The van der Waals surface area contributed by atoms with E-state index in [0.29, 0.717) is 18.1 Å².